The highest BCUT2D eigenvalue weighted by atomic mass is 14.2. The van der Waals surface area contributed by atoms with Crippen LogP contribution in [0.25, 0.3) is 33.4 Å². The molecular weight excluding hydrogens is 396 g/mol. The van der Waals surface area contributed by atoms with Crippen LogP contribution in [0.5, 0.6) is 0 Å². The molecule has 0 saturated heterocycles. The predicted octanol–water partition coefficient (Wildman–Crippen LogP) is 8.86. The van der Waals surface area contributed by atoms with E-state index in [2.05, 4.69) is 133 Å². The lowest BCUT2D eigenvalue weighted by atomic mass is 9.85. The molecule has 0 atom stereocenters. The maximum Gasteiger partial charge on any atom is -0.0140 e. The van der Waals surface area contributed by atoms with Gasteiger partial charge in [-0.25, -0.2) is 0 Å². The third-order valence-corrected chi connectivity index (χ3v) is 6.26. The zero-order valence-corrected chi connectivity index (χ0v) is 18.8. The van der Waals surface area contributed by atoms with E-state index < -0.39 is 0 Å². The Morgan fingerprint density at radius 1 is 0.364 bits per heavy atom. The van der Waals surface area contributed by atoms with Gasteiger partial charge in [-0.15, -0.1) is 0 Å². The van der Waals surface area contributed by atoms with Crippen LogP contribution in [0.15, 0.2) is 133 Å². The van der Waals surface area contributed by atoms with Crippen molar-refractivity contribution >= 4 is 0 Å². The lowest BCUT2D eigenvalue weighted by molar-refractivity contribution is 0.823. The molecule has 0 bridgehead atoms. The molecule has 0 heteroatoms. The quantitative estimate of drug-likeness (QED) is 0.245. The lowest BCUT2D eigenvalue weighted by Gasteiger charge is -2.19. The molecule has 5 aromatic rings. The Kier molecular flexibility index (Phi) is 6.45. The van der Waals surface area contributed by atoms with E-state index in [9.17, 15) is 0 Å². The van der Waals surface area contributed by atoms with Crippen LogP contribution < -0.4 is 0 Å². The summed E-state index contributed by atoms with van der Waals surface area (Å²) in [5.74, 6) is 0. The van der Waals surface area contributed by atoms with Crippen molar-refractivity contribution in [1.82, 2.24) is 0 Å². The minimum Gasteiger partial charge on any atom is -0.0622 e. The predicted molar refractivity (Wildman–Crippen MR) is 141 cm³/mol. The van der Waals surface area contributed by atoms with Gasteiger partial charge >= 0.3 is 0 Å². The molecule has 0 amide bonds. The van der Waals surface area contributed by atoms with Gasteiger partial charge in [0.2, 0.25) is 0 Å². The maximum atomic E-state index is 2.38. The van der Waals surface area contributed by atoms with E-state index in [0.29, 0.717) is 0 Å². The van der Waals surface area contributed by atoms with Crippen LogP contribution in [-0.2, 0) is 12.8 Å². The molecule has 0 aliphatic rings. The minimum atomic E-state index is 1.04. The van der Waals surface area contributed by atoms with Crippen molar-refractivity contribution in [2.75, 3.05) is 0 Å². The van der Waals surface area contributed by atoms with Gasteiger partial charge in [-0.3, -0.25) is 0 Å². The van der Waals surface area contributed by atoms with E-state index in [1.165, 1.54) is 44.5 Å². The van der Waals surface area contributed by atoms with Gasteiger partial charge in [0, 0.05) is 0 Å². The molecule has 33 heavy (non-hydrogen) atoms. The number of aryl methyl sites for hydroxylation is 1. The van der Waals surface area contributed by atoms with Gasteiger partial charge in [-0.05, 0) is 75.9 Å². The highest BCUT2D eigenvalue weighted by molar-refractivity contribution is 5.85. The molecule has 0 spiro atoms. The number of hydrogen-bond acceptors (Lipinski definition) is 0. The second kappa shape index (κ2) is 10.1. The molecule has 5 aromatic carbocycles. The van der Waals surface area contributed by atoms with Gasteiger partial charge in [-0.1, -0.05) is 121 Å². The molecule has 0 radical (unpaired) electrons. The number of hydrogen-bond donors (Lipinski definition) is 0. The van der Waals surface area contributed by atoms with E-state index in [-0.39, 0.29) is 0 Å². The molecule has 0 unspecified atom stereocenters. The molecule has 0 heterocycles. The summed E-state index contributed by atoms with van der Waals surface area (Å²) in [6.07, 6.45) is 3.25. The Labute approximate surface area is 197 Å². The number of benzene rings is 5. The van der Waals surface area contributed by atoms with E-state index in [4.69, 9.17) is 0 Å². The van der Waals surface area contributed by atoms with E-state index in [0.717, 1.165) is 19.3 Å². The molecule has 0 aromatic heterocycles. The Morgan fingerprint density at radius 2 is 0.788 bits per heavy atom. The fraction of sp³-hybridized carbons (Fsp3) is 0.0909. The summed E-state index contributed by atoms with van der Waals surface area (Å²) >= 11 is 0. The standard InChI is InChI=1S/C33H28/c1-5-14-26(15-6-1)16-13-23-31-32(28-19-9-3-10-20-28)24-30(27-17-7-2-8-18-27)25-33(31)29-21-11-4-12-22-29/h1-12,14-15,17-22,24-25H,13,16,23H2. The summed E-state index contributed by atoms with van der Waals surface area (Å²) in [6, 6.07) is 48.0. The molecule has 0 aliphatic carbocycles. The van der Waals surface area contributed by atoms with Crippen LogP contribution in [0.3, 0.4) is 0 Å². The molecule has 160 valence electrons. The van der Waals surface area contributed by atoms with Gasteiger partial charge in [0.05, 0.1) is 0 Å². The first-order chi connectivity index (χ1) is 16.4. The van der Waals surface area contributed by atoms with Crippen molar-refractivity contribution in [1.29, 1.82) is 0 Å². The first-order valence-electron chi connectivity index (χ1n) is 11.8. The van der Waals surface area contributed by atoms with Crippen molar-refractivity contribution in [3.8, 4) is 33.4 Å². The van der Waals surface area contributed by atoms with Crippen molar-refractivity contribution in [3.63, 3.8) is 0 Å². The first kappa shape index (κ1) is 21.0. The fourth-order valence-electron chi connectivity index (χ4n) is 4.60. The van der Waals surface area contributed by atoms with E-state index >= 15 is 0 Å². The van der Waals surface area contributed by atoms with Crippen LogP contribution in [0.1, 0.15) is 17.5 Å². The summed E-state index contributed by atoms with van der Waals surface area (Å²) in [5, 5.41) is 0. The largest absolute Gasteiger partial charge is 0.0622 e. The molecule has 0 fully saturated rings. The fourth-order valence-corrected chi connectivity index (χ4v) is 4.60. The summed E-state index contributed by atoms with van der Waals surface area (Å²) < 4.78 is 0. The minimum absolute atomic E-state index is 1.04. The molecule has 0 N–H and O–H groups in total. The Morgan fingerprint density at radius 3 is 1.27 bits per heavy atom. The third kappa shape index (κ3) is 4.96. The third-order valence-electron chi connectivity index (χ3n) is 6.26. The van der Waals surface area contributed by atoms with Gasteiger partial charge in [0.15, 0.2) is 0 Å². The van der Waals surface area contributed by atoms with Crippen molar-refractivity contribution < 1.29 is 0 Å². The van der Waals surface area contributed by atoms with Crippen LogP contribution in [0.4, 0.5) is 0 Å². The average Bonchev–Trinajstić information content (AvgIpc) is 2.91. The molecule has 0 aliphatic heterocycles. The smallest absolute Gasteiger partial charge is 0.0140 e. The molecule has 0 nitrogen and oxygen atoms in total. The second-order valence-corrected chi connectivity index (χ2v) is 8.49. The van der Waals surface area contributed by atoms with Crippen molar-refractivity contribution in [2.45, 2.75) is 19.3 Å². The van der Waals surface area contributed by atoms with Crippen molar-refractivity contribution in [3.05, 3.63) is 145 Å². The topological polar surface area (TPSA) is 0 Å². The normalized spacial score (nSPS) is 10.8. The van der Waals surface area contributed by atoms with Gasteiger partial charge in [0.25, 0.3) is 0 Å². The SMILES string of the molecule is c1ccc(CCCc2c(-c3ccccc3)cc(-c3ccccc3)cc2-c2ccccc2)cc1. The van der Waals surface area contributed by atoms with Gasteiger partial charge in [-0.2, -0.15) is 0 Å². The van der Waals surface area contributed by atoms with E-state index in [1.54, 1.807) is 0 Å². The summed E-state index contributed by atoms with van der Waals surface area (Å²) in [5.41, 5.74) is 10.6. The Hall–Kier alpha value is -3.90. The summed E-state index contributed by atoms with van der Waals surface area (Å²) in [7, 11) is 0. The zero-order valence-electron chi connectivity index (χ0n) is 18.8. The molecular formula is C33H28. The number of rotatable bonds is 7. The van der Waals surface area contributed by atoms with E-state index in [1.807, 2.05) is 0 Å². The highest BCUT2D eigenvalue weighted by Crippen LogP contribution is 2.38. The summed E-state index contributed by atoms with van der Waals surface area (Å²) in [6.45, 7) is 0. The van der Waals surface area contributed by atoms with Gasteiger partial charge < -0.3 is 0 Å². The molecule has 0 saturated carbocycles. The second-order valence-electron chi connectivity index (χ2n) is 8.49. The molecule has 5 rings (SSSR count). The maximum absolute atomic E-state index is 2.38. The average molecular weight is 425 g/mol. The Bertz CT molecular complexity index is 1230. The van der Waals surface area contributed by atoms with Crippen LogP contribution in [0, 0.1) is 0 Å². The van der Waals surface area contributed by atoms with Crippen LogP contribution in [-0.4, -0.2) is 0 Å². The lowest BCUT2D eigenvalue weighted by Crippen LogP contribution is -1.98. The Balaban J connectivity index is 1.64. The first-order valence-corrected chi connectivity index (χ1v) is 11.8. The monoisotopic (exact) mass is 424 g/mol. The van der Waals surface area contributed by atoms with Gasteiger partial charge in [0.1, 0.15) is 0 Å². The van der Waals surface area contributed by atoms with Crippen LogP contribution >= 0.6 is 0 Å². The van der Waals surface area contributed by atoms with Crippen molar-refractivity contribution in [2.24, 2.45) is 0 Å². The summed E-state index contributed by atoms with van der Waals surface area (Å²) in [4.78, 5) is 0. The zero-order chi connectivity index (χ0) is 22.3. The van der Waals surface area contributed by atoms with Crippen LogP contribution in [0.2, 0.25) is 0 Å². The highest BCUT2D eigenvalue weighted by Gasteiger charge is 2.15.